The van der Waals surface area contributed by atoms with E-state index in [0.29, 0.717) is 5.13 Å². The Hall–Kier alpha value is -1.88. The predicted octanol–water partition coefficient (Wildman–Crippen LogP) is 3.91. The molecule has 110 valence electrons. The molecule has 0 aliphatic heterocycles. The molecule has 1 saturated carbocycles. The molecule has 1 heterocycles. The van der Waals surface area contributed by atoms with Gasteiger partial charge in [0.15, 0.2) is 5.13 Å². The van der Waals surface area contributed by atoms with Gasteiger partial charge in [0.25, 0.3) is 0 Å². The van der Waals surface area contributed by atoms with Crippen molar-refractivity contribution < 1.29 is 4.79 Å². The van der Waals surface area contributed by atoms with Crippen molar-refractivity contribution >= 4 is 28.1 Å². The quantitative estimate of drug-likeness (QED) is 0.903. The van der Waals surface area contributed by atoms with Gasteiger partial charge in [-0.15, -0.1) is 11.3 Å². The molecule has 1 aliphatic carbocycles. The third kappa shape index (κ3) is 3.42. The summed E-state index contributed by atoms with van der Waals surface area (Å²) in [6, 6.07) is 7.77. The molecule has 1 fully saturated rings. The highest BCUT2D eigenvalue weighted by Crippen LogP contribution is 2.27. The molecule has 0 spiro atoms. The first-order chi connectivity index (χ1) is 10.2. The summed E-state index contributed by atoms with van der Waals surface area (Å²) in [6.45, 7) is 0. The summed E-state index contributed by atoms with van der Waals surface area (Å²) in [5, 5.41) is 5.52. The van der Waals surface area contributed by atoms with Crippen molar-refractivity contribution in [1.29, 1.82) is 0 Å². The molecule has 0 bridgehead atoms. The average molecular weight is 301 g/mol. The van der Waals surface area contributed by atoms with Crippen LogP contribution < -0.4 is 11.1 Å². The number of nitrogens with zero attached hydrogens (tertiary/aromatic N) is 1. The van der Waals surface area contributed by atoms with Crippen molar-refractivity contribution in [2.75, 3.05) is 11.1 Å². The second-order valence-corrected chi connectivity index (χ2v) is 6.36. The standard InChI is InChI=1S/C16H19N3OS/c17-16-19-14(10-21-16)11-6-8-13(9-7-11)18-15(20)12-4-2-1-3-5-12/h6-10,12H,1-5H2,(H2,17,19)(H,18,20). The van der Waals surface area contributed by atoms with Crippen LogP contribution in [0.5, 0.6) is 0 Å². The van der Waals surface area contributed by atoms with Crippen LogP contribution in [-0.2, 0) is 4.79 Å². The fourth-order valence-corrected chi connectivity index (χ4v) is 3.33. The molecule has 1 aromatic heterocycles. The van der Waals surface area contributed by atoms with Crippen LogP contribution in [0.15, 0.2) is 29.6 Å². The first kappa shape index (κ1) is 14.1. The van der Waals surface area contributed by atoms with Crippen molar-refractivity contribution in [3.63, 3.8) is 0 Å². The van der Waals surface area contributed by atoms with E-state index in [1.54, 1.807) is 0 Å². The highest BCUT2D eigenvalue weighted by atomic mass is 32.1. The van der Waals surface area contributed by atoms with Crippen LogP contribution in [0.25, 0.3) is 11.3 Å². The lowest BCUT2D eigenvalue weighted by molar-refractivity contribution is -0.120. The second-order valence-electron chi connectivity index (χ2n) is 5.47. The third-order valence-electron chi connectivity index (χ3n) is 3.95. The molecule has 4 nitrogen and oxygen atoms in total. The third-order valence-corrected chi connectivity index (χ3v) is 4.62. The zero-order valence-electron chi connectivity index (χ0n) is 11.8. The van der Waals surface area contributed by atoms with Gasteiger partial charge in [-0.3, -0.25) is 4.79 Å². The number of benzene rings is 1. The number of carbonyl (C=O) groups excluding carboxylic acids is 1. The average Bonchev–Trinajstić information content (AvgIpc) is 2.95. The fourth-order valence-electron chi connectivity index (χ4n) is 2.75. The van der Waals surface area contributed by atoms with Crippen molar-refractivity contribution in [3.8, 4) is 11.3 Å². The van der Waals surface area contributed by atoms with E-state index in [1.165, 1.54) is 30.6 Å². The first-order valence-electron chi connectivity index (χ1n) is 7.35. The second kappa shape index (κ2) is 6.26. The van der Waals surface area contributed by atoms with Gasteiger partial charge in [-0.2, -0.15) is 0 Å². The van der Waals surface area contributed by atoms with Gasteiger partial charge in [-0.05, 0) is 25.0 Å². The van der Waals surface area contributed by atoms with Crippen LogP contribution in [0.1, 0.15) is 32.1 Å². The van der Waals surface area contributed by atoms with E-state index in [-0.39, 0.29) is 11.8 Å². The Kier molecular flexibility index (Phi) is 4.20. The minimum Gasteiger partial charge on any atom is -0.375 e. The summed E-state index contributed by atoms with van der Waals surface area (Å²) in [7, 11) is 0. The molecule has 3 N–H and O–H groups in total. The largest absolute Gasteiger partial charge is 0.375 e. The maximum Gasteiger partial charge on any atom is 0.227 e. The Balaban J connectivity index is 1.65. The van der Waals surface area contributed by atoms with E-state index < -0.39 is 0 Å². The van der Waals surface area contributed by atoms with Crippen LogP contribution in [0.3, 0.4) is 0 Å². The molecule has 0 atom stereocenters. The molecule has 1 amide bonds. The van der Waals surface area contributed by atoms with Crippen molar-refractivity contribution in [2.24, 2.45) is 5.92 Å². The number of anilines is 2. The van der Waals surface area contributed by atoms with Crippen molar-refractivity contribution in [2.45, 2.75) is 32.1 Å². The molecule has 0 radical (unpaired) electrons. The maximum atomic E-state index is 12.2. The zero-order chi connectivity index (χ0) is 14.7. The molecule has 0 saturated heterocycles. The summed E-state index contributed by atoms with van der Waals surface area (Å²) in [6.07, 6.45) is 5.63. The Morgan fingerprint density at radius 3 is 2.52 bits per heavy atom. The molecular weight excluding hydrogens is 282 g/mol. The van der Waals surface area contributed by atoms with Crippen LogP contribution in [0.4, 0.5) is 10.8 Å². The van der Waals surface area contributed by atoms with Gasteiger partial charge in [-0.25, -0.2) is 4.98 Å². The monoisotopic (exact) mass is 301 g/mol. The van der Waals surface area contributed by atoms with Crippen LogP contribution in [0.2, 0.25) is 0 Å². The lowest BCUT2D eigenvalue weighted by atomic mass is 9.88. The van der Waals surface area contributed by atoms with E-state index in [2.05, 4.69) is 10.3 Å². The van der Waals surface area contributed by atoms with Gasteiger partial charge in [0, 0.05) is 22.5 Å². The highest BCUT2D eigenvalue weighted by molar-refractivity contribution is 7.13. The predicted molar refractivity (Wildman–Crippen MR) is 87.2 cm³/mol. The van der Waals surface area contributed by atoms with E-state index in [9.17, 15) is 4.79 Å². The number of amides is 1. The van der Waals surface area contributed by atoms with Gasteiger partial charge in [-0.1, -0.05) is 31.4 Å². The summed E-state index contributed by atoms with van der Waals surface area (Å²) in [5.41, 5.74) is 8.38. The zero-order valence-corrected chi connectivity index (χ0v) is 12.7. The van der Waals surface area contributed by atoms with E-state index in [4.69, 9.17) is 5.73 Å². The van der Waals surface area contributed by atoms with E-state index in [0.717, 1.165) is 29.8 Å². The Labute approximate surface area is 128 Å². The van der Waals surface area contributed by atoms with E-state index in [1.807, 2.05) is 29.6 Å². The van der Waals surface area contributed by atoms with Gasteiger partial charge in [0.05, 0.1) is 5.69 Å². The summed E-state index contributed by atoms with van der Waals surface area (Å²) < 4.78 is 0. The lowest BCUT2D eigenvalue weighted by Gasteiger charge is -2.20. The van der Waals surface area contributed by atoms with Crippen LogP contribution >= 0.6 is 11.3 Å². The Morgan fingerprint density at radius 1 is 1.19 bits per heavy atom. The number of hydrogen-bond acceptors (Lipinski definition) is 4. The molecular formula is C16H19N3OS. The Morgan fingerprint density at radius 2 is 1.90 bits per heavy atom. The Bertz CT molecular complexity index is 615. The van der Waals surface area contributed by atoms with E-state index >= 15 is 0 Å². The topological polar surface area (TPSA) is 68.0 Å². The number of thiazole rings is 1. The number of nitrogens with one attached hydrogen (secondary N) is 1. The summed E-state index contributed by atoms with van der Waals surface area (Å²) >= 11 is 1.43. The normalized spacial score (nSPS) is 15.8. The molecule has 5 heteroatoms. The molecule has 2 aromatic rings. The maximum absolute atomic E-state index is 12.2. The number of aromatic nitrogens is 1. The minimum atomic E-state index is 0.153. The molecule has 0 unspecified atom stereocenters. The van der Waals surface area contributed by atoms with Gasteiger partial charge < -0.3 is 11.1 Å². The van der Waals surface area contributed by atoms with Crippen LogP contribution in [-0.4, -0.2) is 10.9 Å². The number of nitrogen functional groups attached to an aromatic ring is 1. The van der Waals surface area contributed by atoms with Gasteiger partial charge in [0.2, 0.25) is 5.91 Å². The summed E-state index contributed by atoms with van der Waals surface area (Å²) in [5.74, 6) is 0.331. The molecule has 1 aromatic carbocycles. The van der Waals surface area contributed by atoms with Crippen LogP contribution in [0, 0.1) is 5.92 Å². The SMILES string of the molecule is Nc1nc(-c2ccc(NC(=O)C3CCCCC3)cc2)cs1. The number of carbonyl (C=O) groups is 1. The molecule has 21 heavy (non-hydrogen) atoms. The molecule has 3 rings (SSSR count). The van der Waals surface area contributed by atoms with Crippen molar-refractivity contribution in [1.82, 2.24) is 4.98 Å². The minimum absolute atomic E-state index is 0.153. The molecule has 1 aliphatic rings. The number of nitrogens with two attached hydrogens (primary N) is 1. The lowest BCUT2D eigenvalue weighted by Crippen LogP contribution is -2.24. The fraction of sp³-hybridized carbons (Fsp3) is 0.375. The first-order valence-corrected chi connectivity index (χ1v) is 8.22. The number of rotatable bonds is 3. The smallest absolute Gasteiger partial charge is 0.227 e. The van der Waals surface area contributed by atoms with Crippen molar-refractivity contribution in [3.05, 3.63) is 29.6 Å². The van der Waals surface area contributed by atoms with Gasteiger partial charge in [0.1, 0.15) is 0 Å². The number of hydrogen-bond donors (Lipinski definition) is 2. The highest BCUT2D eigenvalue weighted by Gasteiger charge is 2.20. The summed E-state index contributed by atoms with van der Waals surface area (Å²) in [4.78, 5) is 16.4. The van der Waals surface area contributed by atoms with Gasteiger partial charge >= 0.3 is 0 Å².